The van der Waals surface area contributed by atoms with Gasteiger partial charge in [0.15, 0.2) is 8.32 Å². The molecule has 0 aromatic heterocycles. The van der Waals surface area contributed by atoms with Crippen molar-refractivity contribution >= 4 is 20.3 Å². The third-order valence-electron chi connectivity index (χ3n) is 7.35. The van der Waals surface area contributed by atoms with E-state index in [2.05, 4.69) is 39.9 Å². The van der Waals surface area contributed by atoms with Gasteiger partial charge in [-0.25, -0.2) is 0 Å². The minimum atomic E-state index is -2.13. The average molecular weight is 505 g/mol. The number of fused-ring (bicyclic) bond motifs is 1. The number of carbonyl (C=O) groups is 2. The lowest BCUT2D eigenvalue weighted by Gasteiger charge is -2.45. The lowest BCUT2D eigenvalue weighted by molar-refractivity contribution is -0.187. The van der Waals surface area contributed by atoms with Gasteiger partial charge in [0.25, 0.3) is 0 Å². The van der Waals surface area contributed by atoms with Crippen molar-refractivity contribution in [3.8, 4) is 0 Å². The summed E-state index contributed by atoms with van der Waals surface area (Å²) in [6.07, 6.45) is 1.11. The second kappa shape index (κ2) is 11.4. The van der Waals surface area contributed by atoms with Crippen molar-refractivity contribution in [1.82, 2.24) is 0 Å². The second-order valence-electron chi connectivity index (χ2n) is 11.0. The Morgan fingerprint density at radius 1 is 1.03 bits per heavy atom. The van der Waals surface area contributed by atoms with Crippen LogP contribution in [-0.2, 0) is 39.6 Å². The largest absolute Gasteiger partial charge is 0.463 e. The highest BCUT2D eigenvalue weighted by molar-refractivity contribution is 6.74. The minimum Gasteiger partial charge on any atom is -0.463 e. The molecule has 8 heteroatoms. The maximum absolute atomic E-state index is 11.6. The molecule has 1 saturated heterocycles. The van der Waals surface area contributed by atoms with E-state index in [9.17, 15) is 9.59 Å². The fourth-order valence-electron chi connectivity index (χ4n) is 4.42. The lowest BCUT2D eigenvalue weighted by atomic mass is 9.81. The highest BCUT2D eigenvalue weighted by Gasteiger charge is 2.52. The third kappa shape index (κ3) is 7.03. The fraction of sp³-hybridized carbons (Fsp3) is 0.630. The number of hydrogen-bond donors (Lipinski definition) is 0. The van der Waals surface area contributed by atoms with E-state index in [-0.39, 0.29) is 54.2 Å². The first-order chi connectivity index (χ1) is 16.4. The Hall–Kier alpha value is -2.00. The van der Waals surface area contributed by atoms with Crippen LogP contribution >= 0.6 is 0 Å². The van der Waals surface area contributed by atoms with E-state index >= 15 is 0 Å². The first-order valence-electron chi connectivity index (χ1n) is 12.3. The average Bonchev–Trinajstić information content (AvgIpc) is 3.11. The molecule has 0 N–H and O–H groups in total. The lowest BCUT2D eigenvalue weighted by Crippen LogP contribution is -2.54. The maximum atomic E-state index is 11.6. The Morgan fingerprint density at radius 2 is 1.69 bits per heavy atom. The van der Waals surface area contributed by atoms with Crippen LogP contribution in [0.5, 0.6) is 0 Å². The molecule has 0 saturated carbocycles. The predicted octanol–water partition coefficient (Wildman–Crippen LogP) is 4.66. The summed E-state index contributed by atoms with van der Waals surface area (Å²) in [6.45, 7) is 15.1. The molecule has 0 amide bonds. The molecule has 1 heterocycles. The molecule has 35 heavy (non-hydrogen) atoms. The van der Waals surface area contributed by atoms with Crippen LogP contribution in [0.4, 0.5) is 0 Å². The molecular formula is C27H40O7Si. The van der Waals surface area contributed by atoms with Gasteiger partial charge in [-0.3, -0.25) is 9.59 Å². The van der Waals surface area contributed by atoms with Crippen LogP contribution in [0, 0.1) is 11.8 Å². The van der Waals surface area contributed by atoms with E-state index in [1.807, 2.05) is 30.3 Å². The standard InChI is InChI=1S/C27H40O7Si/c1-18(28)30-15-21-13-23(34-35(6,7)27(3,4)5)25-22(21)16-32-24(17-31-19(2)29)26(25)33-14-20-11-9-8-10-12-20/h8-13,22-26H,14-17H2,1-7H3/t22-,23+,24-,25-,26-/m1/s1. The van der Waals surface area contributed by atoms with Gasteiger partial charge >= 0.3 is 11.9 Å². The van der Waals surface area contributed by atoms with Crippen molar-refractivity contribution in [2.45, 2.75) is 77.7 Å². The molecule has 1 aliphatic heterocycles. The van der Waals surface area contributed by atoms with E-state index in [4.69, 9.17) is 23.4 Å². The zero-order valence-corrected chi connectivity index (χ0v) is 23.0. The van der Waals surface area contributed by atoms with Gasteiger partial charge in [-0.1, -0.05) is 57.2 Å². The number of esters is 2. The monoisotopic (exact) mass is 504 g/mol. The Labute approximate surface area is 210 Å². The molecule has 3 rings (SSSR count). The van der Waals surface area contributed by atoms with E-state index in [1.54, 1.807) is 0 Å². The predicted molar refractivity (Wildman–Crippen MR) is 135 cm³/mol. The molecule has 1 aromatic rings. The molecule has 0 spiro atoms. The summed E-state index contributed by atoms with van der Waals surface area (Å²) in [4.78, 5) is 23.1. The van der Waals surface area contributed by atoms with Gasteiger partial charge in [0.1, 0.15) is 19.3 Å². The fourth-order valence-corrected chi connectivity index (χ4v) is 5.68. The van der Waals surface area contributed by atoms with Crippen LogP contribution in [0.25, 0.3) is 0 Å². The summed E-state index contributed by atoms with van der Waals surface area (Å²) in [5.74, 6) is -0.740. The van der Waals surface area contributed by atoms with E-state index in [0.717, 1.165) is 11.1 Å². The summed E-state index contributed by atoms with van der Waals surface area (Å²) < 4.78 is 30.3. The van der Waals surface area contributed by atoms with Gasteiger partial charge in [0, 0.05) is 25.7 Å². The SMILES string of the molecule is CC(=O)OCC1=C[C@H](O[Si](C)(C)C(C)(C)C)[C@@H]2[C@H](OCc3ccccc3)[C@@H](COC(C)=O)OC[C@H]12. The van der Waals surface area contributed by atoms with Crippen molar-refractivity contribution in [2.24, 2.45) is 11.8 Å². The quantitative estimate of drug-likeness (QED) is 0.275. The molecule has 1 aliphatic carbocycles. The Balaban J connectivity index is 1.91. The van der Waals surface area contributed by atoms with Gasteiger partial charge in [-0.2, -0.15) is 0 Å². The molecule has 0 bridgehead atoms. The third-order valence-corrected chi connectivity index (χ3v) is 11.8. The number of ether oxygens (including phenoxy) is 4. The molecular weight excluding hydrogens is 464 g/mol. The Kier molecular flexibility index (Phi) is 8.96. The summed E-state index contributed by atoms with van der Waals surface area (Å²) in [6, 6.07) is 9.97. The van der Waals surface area contributed by atoms with E-state index < -0.39 is 14.4 Å². The molecule has 1 aromatic carbocycles. The van der Waals surface area contributed by atoms with Crippen molar-refractivity contribution < 1.29 is 33.0 Å². The maximum Gasteiger partial charge on any atom is 0.302 e. The minimum absolute atomic E-state index is 0.0153. The molecule has 1 fully saturated rings. The molecule has 0 radical (unpaired) electrons. The number of hydrogen-bond acceptors (Lipinski definition) is 7. The zero-order valence-electron chi connectivity index (χ0n) is 22.0. The van der Waals surface area contributed by atoms with Crippen LogP contribution in [-0.4, -0.2) is 58.4 Å². The van der Waals surface area contributed by atoms with E-state index in [1.165, 1.54) is 13.8 Å². The molecule has 7 nitrogen and oxygen atoms in total. The first kappa shape index (κ1) is 27.6. The molecule has 2 aliphatic rings. The van der Waals surface area contributed by atoms with Crippen LogP contribution in [0.15, 0.2) is 42.0 Å². The highest BCUT2D eigenvalue weighted by atomic mass is 28.4. The van der Waals surface area contributed by atoms with Crippen molar-refractivity contribution in [2.75, 3.05) is 19.8 Å². The van der Waals surface area contributed by atoms with Crippen molar-refractivity contribution in [3.63, 3.8) is 0 Å². The van der Waals surface area contributed by atoms with Crippen molar-refractivity contribution in [1.29, 1.82) is 0 Å². The zero-order chi connectivity index (χ0) is 25.8. The summed E-state index contributed by atoms with van der Waals surface area (Å²) in [5, 5.41) is 0.0255. The van der Waals surface area contributed by atoms with Gasteiger partial charge in [0.2, 0.25) is 0 Å². The van der Waals surface area contributed by atoms with Crippen LogP contribution in [0.2, 0.25) is 18.1 Å². The molecule has 5 atom stereocenters. The smallest absolute Gasteiger partial charge is 0.302 e. The normalized spacial score (nSPS) is 26.6. The van der Waals surface area contributed by atoms with Crippen LogP contribution in [0.1, 0.15) is 40.2 Å². The molecule has 0 unspecified atom stereocenters. The van der Waals surface area contributed by atoms with Gasteiger partial charge in [-0.15, -0.1) is 0 Å². The van der Waals surface area contributed by atoms with E-state index in [0.29, 0.717) is 13.2 Å². The highest BCUT2D eigenvalue weighted by Crippen LogP contribution is 2.46. The number of carbonyl (C=O) groups excluding carboxylic acids is 2. The van der Waals surface area contributed by atoms with Gasteiger partial charge in [-0.05, 0) is 29.3 Å². The second-order valence-corrected chi connectivity index (χ2v) is 15.7. The van der Waals surface area contributed by atoms with Crippen LogP contribution < -0.4 is 0 Å². The summed E-state index contributed by atoms with van der Waals surface area (Å²) in [7, 11) is -2.13. The summed E-state index contributed by atoms with van der Waals surface area (Å²) >= 11 is 0. The Morgan fingerprint density at radius 3 is 2.29 bits per heavy atom. The first-order valence-corrected chi connectivity index (χ1v) is 15.2. The number of rotatable bonds is 9. The van der Waals surface area contributed by atoms with Gasteiger partial charge < -0.3 is 23.4 Å². The Bertz CT molecular complexity index is 906. The van der Waals surface area contributed by atoms with Gasteiger partial charge in [0.05, 0.1) is 25.4 Å². The summed E-state index contributed by atoms with van der Waals surface area (Å²) in [5.41, 5.74) is 2.04. The van der Waals surface area contributed by atoms with Crippen molar-refractivity contribution in [3.05, 3.63) is 47.5 Å². The number of benzene rings is 1. The topological polar surface area (TPSA) is 80.3 Å². The molecule has 194 valence electrons. The van der Waals surface area contributed by atoms with Crippen LogP contribution in [0.3, 0.4) is 0 Å².